The molecule has 0 aliphatic rings. The van der Waals surface area contributed by atoms with Crippen molar-refractivity contribution in [2.24, 2.45) is 5.84 Å². The van der Waals surface area contributed by atoms with Crippen molar-refractivity contribution in [3.63, 3.8) is 0 Å². The van der Waals surface area contributed by atoms with E-state index >= 15 is 0 Å². The largest absolute Gasteiger partial charge is 0.271 e. The van der Waals surface area contributed by atoms with Crippen LogP contribution in [-0.2, 0) is 13.0 Å². The smallest absolute Gasteiger partial charge is 0.124 e. The minimum atomic E-state index is -0.272. The second kappa shape index (κ2) is 6.47. The van der Waals surface area contributed by atoms with Crippen molar-refractivity contribution in [3.8, 4) is 0 Å². The van der Waals surface area contributed by atoms with E-state index < -0.39 is 0 Å². The molecule has 2 aromatic rings. The zero-order valence-electron chi connectivity index (χ0n) is 11.5. The van der Waals surface area contributed by atoms with Crippen LogP contribution in [0.2, 0.25) is 0 Å². The van der Waals surface area contributed by atoms with Crippen molar-refractivity contribution in [2.45, 2.75) is 32.9 Å². The van der Waals surface area contributed by atoms with E-state index in [1.165, 1.54) is 12.1 Å². The van der Waals surface area contributed by atoms with E-state index in [0.717, 1.165) is 23.5 Å². The molecule has 0 spiro atoms. The van der Waals surface area contributed by atoms with Crippen LogP contribution >= 0.6 is 15.9 Å². The maximum atomic E-state index is 13.2. The average Bonchev–Trinajstić information content (AvgIpc) is 2.76. The van der Waals surface area contributed by atoms with E-state index in [1.807, 2.05) is 17.7 Å². The Kier molecular flexibility index (Phi) is 4.91. The van der Waals surface area contributed by atoms with Crippen molar-refractivity contribution in [1.82, 2.24) is 15.2 Å². The number of benzene rings is 1. The van der Waals surface area contributed by atoms with E-state index in [1.54, 1.807) is 6.07 Å². The summed E-state index contributed by atoms with van der Waals surface area (Å²) < 4.78 is 15.8. The number of hydrogen-bond acceptors (Lipinski definition) is 3. The van der Waals surface area contributed by atoms with Gasteiger partial charge in [-0.25, -0.2) is 4.39 Å². The van der Waals surface area contributed by atoms with Crippen LogP contribution in [0.25, 0.3) is 0 Å². The summed E-state index contributed by atoms with van der Waals surface area (Å²) in [6.07, 6.45) is 0.690. The fourth-order valence-corrected chi connectivity index (χ4v) is 2.92. The number of hydrogen-bond donors (Lipinski definition) is 2. The predicted molar refractivity (Wildman–Crippen MR) is 80.5 cm³/mol. The number of nitrogens with one attached hydrogen (secondary N) is 1. The van der Waals surface area contributed by atoms with Gasteiger partial charge in [0.1, 0.15) is 5.82 Å². The Morgan fingerprint density at radius 3 is 2.80 bits per heavy atom. The predicted octanol–water partition coefficient (Wildman–Crippen LogP) is 2.86. The molecule has 1 atom stereocenters. The average molecular weight is 341 g/mol. The van der Waals surface area contributed by atoms with Crippen molar-refractivity contribution < 1.29 is 4.39 Å². The van der Waals surface area contributed by atoms with Gasteiger partial charge in [-0.1, -0.05) is 22.0 Å². The molecule has 0 amide bonds. The molecule has 0 fully saturated rings. The van der Waals surface area contributed by atoms with Crippen molar-refractivity contribution in [1.29, 1.82) is 0 Å². The molecule has 2 rings (SSSR count). The molecule has 0 radical (unpaired) electrons. The van der Waals surface area contributed by atoms with Gasteiger partial charge in [0.2, 0.25) is 0 Å². The SMILES string of the molecule is CCn1nc(C)cc1CC(NN)c1ccc(F)cc1Br. The molecule has 0 bridgehead atoms. The highest BCUT2D eigenvalue weighted by Gasteiger charge is 2.17. The Morgan fingerprint density at radius 2 is 2.20 bits per heavy atom. The fourth-order valence-electron chi connectivity index (χ4n) is 2.29. The van der Waals surface area contributed by atoms with Gasteiger partial charge in [-0.05, 0) is 37.6 Å². The van der Waals surface area contributed by atoms with Crippen LogP contribution in [0.5, 0.6) is 0 Å². The van der Waals surface area contributed by atoms with E-state index in [4.69, 9.17) is 5.84 Å². The van der Waals surface area contributed by atoms with Gasteiger partial charge in [-0.3, -0.25) is 16.0 Å². The van der Waals surface area contributed by atoms with Gasteiger partial charge in [-0.2, -0.15) is 5.10 Å². The third-order valence-corrected chi connectivity index (χ3v) is 3.92. The van der Waals surface area contributed by atoms with Crippen LogP contribution in [-0.4, -0.2) is 9.78 Å². The van der Waals surface area contributed by atoms with E-state index in [0.29, 0.717) is 10.9 Å². The van der Waals surface area contributed by atoms with Gasteiger partial charge in [-0.15, -0.1) is 0 Å². The first-order valence-electron chi connectivity index (χ1n) is 6.49. The summed E-state index contributed by atoms with van der Waals surface area (Å²) in [6, 6.07) is 6.56. The van der Waals surface area contributed by atoms with Crippen LogP contribution in [0.15, 0.2) is 28.7 Å². The first-order chi connectivity index (χ1) is 9.55. The summed E-state index contributed by atoms with van der Waals surface area (Å²) in [5.74, 6) is 5.39. The number of nitrogens with zero attached hydrogens (tertiary/aromatic N) is 2. The van der Waals surface area contributed by atoms with Gasteiger partial charge < -0.3 is 0 Å². The summed E-state index contributed by atoms with van der Waals surface area (Å²) in [4.78, 5) is 0. The number of nitrogens with two attached hydrogens (primary N) is 1. The molecule has 4 nitrogen and oxygen atoms in total. The minimum Gasteiger partial charge on any atom is -0.271 e. The van der Waals surface area contributed by atoms with E-state index in [-0.39, 0.29) is 11.9 Å². The zero-order chi connectivity index (χ0) is 14.7. The molecule has 0 aliphatic carbocycles. The van der Waals surface area contributed by atoms with Gasteiger partial charge in [0.15, 0.2) is 0 Å². The number of aryl methyl sites for hydroxylation is 2. The molecule has 6 heteroatoms. The van der Waals surface area contributed by atoms with E-state index in [2.05, 4.69) is 33.4 Å². The first kappa shape index (κ1) is 15.2. The molecular weight excluding hydrogens is 323 g/mol. The molecule has 0 saturated carbocycles. The fraction of sp³-hybridized carbons (Fsp3) is 0.357. The maximum absolute atomic E-state index is 13.2. The summed E-state index contributed by atoms with van der Waals surface area (Å²) in [5, 5.41) is 4.42. The lowest BCUT2D eigenvalue weighted by atomic mass is 10.0. The Bertz CT molecular complexity index is 597. The summed E-state index contributed by atoms with van der Waals surface area (Å²) >= 11 is 3.38. The number of halogens is 2. The Balaban J connectivity index is 2.28. The Labute approximate surface area is 126 Å². The second-order valence-electron chi connectivity index (χ2n) is 4.68. The van der Waals surface area contributed by atoms with Gasteiger partial charge in [0.25, 0.3) is 0 Å². The van der Waals surface area contributed by atoms with Crippen LogP contribution in [0.3, 0.4) is 0 Å². The van der Waals surface area contributed by atoms with Gasteiger partial charge in [0.05, 0.1) is 11.7 Å². The standard InChI is InChI=1S/C14H18BrFN4/c1-3-20-11(6-9(2)19-20)8-14(18-17)12-5-4-10(16)7-13(12)15/h4-7,14,18H,3,8,17H2,1-2H3. The molecule has 0 saturated heterocycles. The summed E-state index contributed by atoms with van der Waals surface area (Å²) in [5.41, 5.74) is 5.80. The molecule has 1 aromatic carbocycles. The van der Waals surface area contributed by atoms with Gasteiger partial charge in [0, 0.05) is 23.1 Å². The van der Waals surface area contributed by atoms with Crippen LogP contribution in [0.1, 0.15) is 29.9 Å². The highest BCUT2D eigenvalue weighted by molar-refractivity contribution is 9.10. The topological polar surface area (TPSA) is 55.9 Å². The lowest BCUT2D eigenvalue weighted by Crippen LogP contribution is -2.30. The number of rotatable bonds is 5. The lowest BCUT2D eigenvalue weighted by Gasteiger charge is -2.18. The quantitative estimate of drug-likeness (QED) is 0.650. The molecule has 1 unspecified atom stereocenters. The van der Waals surface area contributed by atoms with Crippen LogP contribution in [0, 0.1) is 12.7 Å². The normalized spacial score (nSPS) is 12.7. The first-order valence-corrected chi connectivity index (χ1v) is 7.28. The van der Waals surface area contributed by atoms with Crippen molar-refractivity contribution in [2.75, 3.05) is 0 Å². The van der Waals surface area contributed by atoms with Crippen molar-refractivity contribution >= 4 is 15.9 Å². The Morgan fingerprint density at radius 1 is 1.45 bits per heavy atom. The molecule has 3 N–H and O–H groups in total. The molecule has 108 valence electrons. The van der Waals surface area contributed by atoms with Gasteiger partial charge >= 0.3 is 0 Å². The second-order valence-corrected chi connectivity index (χ2v) is 5.54. The van der Waals surface area contributed by atoms with Crippen LogP contribution < -0.4 is 11.3 Å². The third kappa shape index (κ3) is 3.26. The van der Waals surface area contributed by atoms with E-state index in [9.17, 15) is 4.39 Å². The summed E-state index contributed by atoms with van der Waals surface area (Å²) in [7, 11) is 0. The third-order valence-electron chi connectivity index (χ3n) is 3.24. The number of aromatic nitrogens is 2. The molecule has 1 aromatic heterocycles. The molecule has 1 heterocycles. The highest BCUT2D eigenvalue weighted by Crippen LogP contribution is 2.26. The summed E-state index contributed by atoms with van der Waals surface area (Å²) in [6.45, 7) is 4.83. The zero-order valence-corrected chi connectivity index (χ0v) is 13.1. The molecule has 0 aliphatic heterocycles. The van der Waals surface area contributed by atoms with Crippen LogP contribution in [0.4, 0.5) is 4.39 Å². The maximum Gasteiger partial charge on any atom is 0.124 e. The highest BCUT2D eigenvalue weighted by atomic mass is 79.9. The van der Waals surface area contributed by atoms with Crippen molar-refractivity contribution in [3.05, 3.63) is 51.5 Å². The number of hydrazine groups is 1. The molecular formula is C14H18BrFN4. The lowest BCUT2D eigenvalue weighted by molar-refractivity contribution is 0.514. The monoisotopic (exact) mass is 340 g/mol. The molecule has 20 heavy (non-hydrogen) atoms. The minimum absolute atomic E-state index is 0.105. The Hall–Kier alpha value is -1.24.